The molecule has 0 aliphatic heterocycles. The number of nitrogens with zero attached hydrogens (tertiary/aromatic N) is 1. The highest BCUT2D eigenvalue weighted by Gasteiger charge is 2.13. The van der Waals surface area contributed by atoms with Crippen LogP contribution in [0.3, 0.4) is 0 Å². The fourth-order valence-corrected chi connectivity index (χ4v) is 2.99. The van der Waals surface area contributed by atoms with Crippen molar-refractivity contribution < 1.29 is 13.6 Å². The van der Waals surface area contributed by atoms with Gasteiger partial charge in [-0.3, -0.25) is 4.79 Å². The van der Waals surface area contributed by atoms with Crippen LogP contribution in [0.5, 0.6) is 0 Å². The van der Waals surface area contributed by atoms with Crippen molar-refractivity contribution in [3.8, 4) is 17.4 Å². The molecule has 29 heavy (non-hydrogen) atoms. The number of anilines is 1. The maximum Gasteiger partial charge on any atom is 0.266 e. The second kappa shape index (κ2) is 7.83. The maximum absolute atomic E-state index is 13.9. The number of hydrogen-bond donors (Lipinski definition) is 1. The van der Waals surface area contributed by atoms with Crippen molar-refractivity contribution in [2.24, 2.45) is 0 Å². The van der Waals surface area contributed by atoms with Gasteiger partial charge in [0.15, 0.2) is 0 Å². The van der Waals surface area contributed by atoms with Gasteiger partial charge in [-0.2, -0.15) is 5.26 Å². The van der Waals surface area contributed by atoms with E-state index >= 15 is 0 Å². The molecule has 0 bridgehead atoms. The van der Waals surface area contributed by atoms with Gasteiger partial charge >= 0.3 is 0 Å². The van der Waals surface area contributed by atoms with Crippen LogP contribution in [0.4, 0.5) is 10.1 Å². The summed E-state index contributed by atoms with van der Waals surface area (Å²) in [5.74, 6) is -0.353. The van der Waals surface area contributed by atoms with E-state index in [1.165, 1.54) is 12.1 Å². The summed E-state index contributed by atoms with van der Waals surface area (Å²) in [5, 5.41) is 14.1. The lowest BCUT2D eigenvalue weighted by molar-refractivity contribution is -0.112. The number of amides is 1. The molecule has 1 amide bonds. The van der Waals surface area contributed by atoms with Gasteiger partial charge in [0, 0.05) is 11.8 Å². The fourth-order valence-electron chi connectivity index (χ4n) is 2.99. The van der Waals surface area contributed by atoms with E-state index in [2.05, 4.69) is 5.32 Å². The SMILES string of the molecule is N#C/C(=C\c1ccc(-c2ccccc2F)o1)C(=O)Nc1ccc2ccccc2c1. The molecule has 5 heteroatoms. The number of hydrogen-bond acceptors (Lipinski definition) is 3. The minimum Gasteiger partial charge on any atom is -0.457 e. The zero-order valence-corrected chi connectivity index (χ0v) is 15.2. The minimum absolute atomic E-state index is 0.118. The standard InChI is InChI=1S/C24H15FN2O2/c25-22-8-4-3-7-21(22)23-12-11-20(29-23)14-18(15-26)24(28)27-19-10-9-16-5-1-2-6-17(16)13-19/h1-14H,(H,27,28)/b18-14+. The molecule has 4 rings (SSSR count). The summed E-state index contributed by atoms with van der Waals surface area (Å²) in [6.45, 7) is 0. The maximum atomic E-state index is 13.9. The van der Waals surface area contributed by atoms with Crippen LogP contribution in [-0.4, -0.2) is 5.91 Å². The van der Waals surface area contributed by atoms with E-state index in [-0.39, 0.29) is 11.3 Å². The molecule has 1 N–H and O–H groups in total. The van der Waals surface area contributed by atoms with Crippen molar-refractivity contribution in [1.82, 2.24) is 0 Å². The quantitative estimate of drug-likeness (QED) is 0.359. The van der Waals surface area contributed by atoms with Gasteiger partial charge in [0.25, 0.3) is 5.91 Å². The molecule has 0 unspecified atom stereocenters. The molecule has 0 saturated carbocycles. The molecule has 4 aromatic rings. The van der Waals surface area contributed by atoms with Gasteiger partial charge in [0.2, 0.25) is 0 Å². The van der Waals surface area contributed by atoms with E-state index in [0.29, 0.717) is 17.0 Å². The summed E-state index contributed by atoms with van der Waals surface area (Å²) in [6.07, 6.45) is 1.33. The molecule has 0 radical (unpaired) electrons. The number of rotatable bonds is 4. The molecule has 3 aromatic carbocycles. The number of nitrogens with one attached hydrogen (secondary N) is 1. The Hall–Kier alpha value is -4.17. The van der Waals surface area contributed by atoms with Crippen molar-refractivity contribution in [2.45, 2.75) is 0 Å². The van der Waals surface area contributed by atoms with Gasteiger partial charge in [-0.05, 0) is 47.2 Å². The Morgan fingerprint density at radius 1 is 0.966 bits per heavy atom. The Morgan fingerprint density at radius 2 is 1.72 bits per heavy atom. The van der Waals surface area contributed by atoms with Crippen LogP contribution in [0.15, 0.2) is 88.9 Å². The number of carbonyl (C=O) groups is 1. The van der Waals surface area contributed by atoms with Crippen molar-refractivity contribution in [3.63, 3.8) is 0 Å². The van der Waals surface area contributed by atoms with Crippen LogP contribution in [0, 0.1) is 17.1 Å². The Bertz CT molecular complexity index is 1280. The third-order valence-corrected chi connectivity index (χ3v) is 4.43. The lowest BCUT2D eigenvalue weighted by atomic mass is 10.1. The summed E-state index contributed by atoms with van der Waals surface area (Å²) in [4.78, 5) is 12.5. The highest BCUT2D eigenvalue weighted by Crippen LogP contribution is 2.26. The van der Waals surface area contributed by atoms with Crippen LogP contribution in [0.25, 0.3) is 28.2 Å². The molecule has 0 aliphatic rings. The number of fused-ring (bicyclic) bond motifs is 1. The Morgan fingerprint density at radius 3 is 2.52 bits per heavy atom. The molecule has 140 valence electrons. The highest BCUT2D eigenvalue weighted by atomic mass is 19.1. The first-order valence-electron chi connectivity index (χ1n) is 8.91. The molecule has 0 saturated heterocycles. The van der Waals surface area contributed by atoms with E-state index in [1.54, 1.807) is 36.4 Å². The van der Waals surface area contributed by atoms with E-state index in [4.69, 9.17) is 4.42 Å². The van der Waals surface area contributed by atoms with Gasteiger partial charge < -0.3 is 9.73 Å². The Labute approximate surface area is 166 Å². The van der Waals surface area contributed by atoms with Crippen LogP contribution in [-0.2, 0) is 4.79 Å². The average molecular weight is 382 g/mol. The number of carbonyl (C=O) groups excluding carboxylic acids is 1. The molecule has 4 nitrogen and oxygen atoms in total. The predicted molar refractivity (Wildman–Crippen MR) is 110 cm³/mol. The predicted octanol–water partition coefficient (Wildman–Crippen LogP) is 5.78. The smallest absolute Gasteiger partial charge is 0.266 e. The van der Waals surface area contributed by atoms with Crippen molar-refractivity contribution >= 4 is 28.4 Å². The van der Waals surface area contributed by atoms with Crippen LogP contribution < -0.4 is 5.32 Å². The third kappa shape index (κ3) is 3.92. The zero-order valence-electron chi connectivity index (χ0n) is 15.2. The fraction of sp³-hybridized carbons (Fsp3) is 0. The first-order chi connectivity index (χ1) is 14.1. The van der Waals surface area contributed by atoms with Gasteiger partial charge in [0.1, 0.15) is 29.0 Å². The Balaban J connectivity index is 1.56. The first-order valence-corrected chi connectivity index (χ1v) is 8.91. The molecule has 0 spiro atoms. The summed E-state index contributed by atoms with van der Waals surface area (Å²) in [7, 11) is 0. The average Bonchev–Trinajstić information content (AvgIpc) is 3.20. The van der Waals surface area contributed by atoms with Crippen LogP contribution in [0.2, 0.25) is 0 Å². The van der Waals surface area contributed by atoms with E-state index in [0.717, 1.165) is 10.8 Å². The summed E-state index contributed by atoms with van der Waals surface area (Å²) in [5.41, 5.74) is 0.778. The van der Waals surface area contributed by atoms with Crippen LogP contribution >= 0.6 is 0 Å². The largest absolute Gasteiger partial charge is 0.457 e. The number of halogens is 1. The highest BCUT2D eigenvalue weighted by molar-refractivity contribution is 6.10. The second-order valence-corrected chi connectivity index (χ2v) is 6.37. The monoisotopic (exact) mass is 382 g/mol. The van der Waals surface area contributed by atoms with Crippen molar-refractivity contribution in [1.29, 1.82) is 5.26 Å². The zero-order chi connectivity index (χ0) is 20.2. The van der Waals surface area contributed by atoms with Crippen molar-refractivity contribution in [3.05, 3.63) is 96.0 Å². The van der Waals surface area contributed by atoms with Gasteiger partial charge in [-0.25, -0.2) is 4.39 Å². The number of furan rings is 1. The van der Waals surface area contributed by atoms with Crippen LogP contribution in [0.1, 0.15) is 5.76 Å². The Kier molecular flexibility index (Phi) is 4.91. The summed E-state index contributed by atoms with van der Waals surface area (Å²) >= 11 is 0. The van der Waals surface area contributed by atoms with E-state index < -0.39 is 11.7 Å². The molecular weight excluding hydrogens is 367 g/mol. The number of nitriles is 1. The summed E-state index contributed by atoms with van der Waals surface area (Å²) < 4.78 is 19.5. The third-order valence-electron chi connectivity index (χ3n) is 4.43. The summed E-state index contributed by atoms with van der Waals surface area (Å²) in [6, 6.07) is 24.6. The number of benzene rings is 3. The molecule has 0 fully saturated rings. The minimum atomic E-state index is -0.549. The van der Waals surface area contributed by atoms with Gasteiger partial charge in [0.05, 0.1) is 5.56 Å². The molecule has 1 aromatic heterocycles. The van der Waals surface area contributed by atoms with E-state index in [1.807, 2.05) is 42.5 Å². The second-order valence-electron chi connectivity index (χ2n) is 6.37. The van der Waals surface area contributed by atoms with Gasteiger partial charge in [-0.1, -0.05) is 42.5 Å². The molecule has 1 heterocycles. The lowest BCUT2D eigenvalue weighted by Crippen LogP contribution is -2.13. The normalized spacial score (nSPS) is 11.2. The van der Waals surface area contributed by atoms with Crippen molar-refractivity contribution in [2.75, 3.05) is 5.32 Å². The topological polar surface area (TPSA) is 66.0 Å². The van der Waals surface area contributed by atoms with Gasteiger partial charge in [-0.15, -0.1) is 0 Å². The molecule has 0 atom stereocenters. The first kappa shape index (κ1) is 18.2. The lowest BCUT2D eigenvalue weighted by Gasteiger charge is -2.05. The molecule has 0 aliphatic carbocycles. The van der Waals surface area contributed by atoms with E-state index in [9.17, 15) is 14.4 Å². The molecular formula is C24H15FN2O2.